The third-order valence-electron chi connectivity index (χ3n) is 11.8. The smallest absolute Gasteiger partial charge is 0.407 e. The van der Waals surface area contributed by atoms with Gasteiger partial charge in [0.25, 0.3) is 5.56 Å². The Balaban J connectivity index is 1.08. The molecule has 4 aromatic rings. The van der Waals surface area contributed by atoms with Crippen molar-refractivity contribution < 1.29 is 68.0 Å². The number of nitrogens with one attached hydrogen (secondary N) is 2. The van der Waals surface area contributed by atoms with Gasteiger partial charge in [0.05, 0.1) is 40.7 Å². The number of rotatable bonds is 10. The van der Waals surface area contributed by atoms with Crippen LogP contribution in [0.15, 0.2) is 35.1 Å². The first kappa shape index (κ1) is 41.7. The number of aromatic nitrogens is 2. The molecule has 2 aromatic heterocycles. The zero-order valence-corrected chi connectivity index (χ0v) is 32.8. The number of hydrogen-bond donors (Lipinski definition) is 8. The Hall–Kier alpha value is -6.03. The summed E-state index contributed by atoms with van der Waals surface area (Å²) in [6, 6.07) is 6.33. The second-order valence-electron chi connectivity index (χ2n) is 15.4. The van der Waals surface area contributed by atoms with E-state index in [-0.39, 0.29) is 67.2 Å². The minimum absolute atomic E-state index is 0.00392. The van der Waals surface area contributed by atoms with Gasteiger partial charge in [0, 0.05) is 35.5 Å². The molecule has 0 saturated carbocycles. The Morgan fingerprint density at radius 3 is 2.57 bits per heavy atom. The summed E-state index contributed by atoms with van der Waals surface area (Å²) in [5.41, 5.74) is 6.85. The van der Waals surface area contributed by atoms with Crippen LogP contribution in [-0.4, -0.2) is 96.3 Å². The predicted molar refractivity (Wildman–Crippen MR) is 207 cm³/mol. The molecular formula is C41H42FN5O14. The van der Waals surface area contributed by atoms with Gasteiger partial charge in [-0.1, -0.05) is 13.0 Å². The number of carboxylic acids is 1. The first-order valence-electron chi connectivity index (χ1n) is 19.5. The molecule has 2 amide bonds. The van der Waals surface area contributed by atoms with Gasteiger partial charge in [-0.3, -0.25) is 9.59 Å². The number of carbonyl (C=O) groups excluding carboxylic acids is 3. The maximum Gasteiger partial charge on any atom is 0.407 e. The number of fused-ring (bicyclic) bond motifs is 5. The van der Waals surface area contributed by atoms with Crippen molar-refractivity contribution >= 4 is 40.5 Å². The number of aliphatic hydroxyl groups is 4. The summed E-state index contributed by atoms with van der Waals surface area (Å²) in [5, 5.41) is 57.7. The highest BCUT2D eigenvalue weighted by atomic mass is 19.1. The molecule has 8 rings (SSSR count). The minimum atomic E-state index is -2.06. The van der Waals surface area contributed by atoms with E-state index in [1.165, 1.54) is 28.8 Å². The molecule has 7 atom stereocenters. The lowest BCUT2D eigenvalue weighted by molar-refractivity contribution is -0.271. The third kappa shape index (κ3) is 7.03. The predicted octanol–water partition coefficient (Wildman–Crippen LogP) is 0.999. The second kappa shape index (κ2) is 15.8. The molecule has 4 aliphatic rings. The number of carbonyl (C=O) groups is 4. The van der Waals surface area contributed by atoms with Gasteiger partial charge in [-0.05, 0) is 66.6 Å². The number of benzene rings is 2. The number of ether oxygens (including phenoxy) is 4. The van der Waals surface area contributed by atoms with Crippen molar-refractivity contribution in [2.45, 2.75) is 102 Å². The van der Waals surface area contributed by atoms with Crippen LogP contribution in [0.25, 0.3) is 22.3 Å². The highest BCUT2D eigenvalue weighted by Crippen LogP contribution is 2.46. The molecule has 61 heavy (non-hydrogen) atoms. The maximum absolute atomic E-state index is 15.4. The summed E-state index contributed by atoms with van der Waals surface area (Å²) in [6.07, 6.45) is -9.82. The lowest BCUT2D eigenvalue weighted by atomic mass is 9.81. The Labute approximate surface area is 344 Å². The lowest BCUT2D eigenvalue weighted by Crippen LogP contribution is -2.61. The number of cyclic esters (lactones) is 1. The summed E-state index contributed by atoms with van der Waals surface area (Å²) < 4.78 is 38.6. The summed E-state index contributed by atoms with van der Waals surface area (Å²) >= 11 is 0. The average Bonchev–Trinajstić information content (AvgIpc) is 3.60. The van der Waals surface area contributed by atoms with E-state index >= 15 is 4.39 Å². The second-order valence-corrected chi connectivity index (χ2v) is 15.4. The van der Waals surface area contributed by atoms with E-state index in [0.717, 1.165) is 0 Å². The molecular weight excluding hydrogens is 805 g/mol. The number of halogens is 1. The Morgan fingerprint density at radius 1 is 1.08 bits per heavy atom. The summed E-state index contributed by atoms with van der Waals surface area (Å²) in [7, 11) is 0. The normalized spacial score (nSPS) is 24.9. The van der Waals surface area contributed by atoms with E-state index in [4.69, 9.17) is 29.7 Å². The average molecular weight is 848 g/mol. The number of alkyl carbamates (subject to hydrolysis) is 1. The first-order chi connectivity index (χ1) is 29.1. The molecule has 2 unspecified atom stereocenters. The summed E-state index contributed by atoms with van der Waals surface area (Å²) in [6.45, 7) is 2.61. The number of nitrogens with two attached hydrogens (primary N) is 1. The van der Waals surface area contributed by atoms with Crippen LogP contribution >= 0.6 is 0 Å². The van der Waals surface area contributed by atoms with Gasteiger partial charge < -0.3 is 65.4 Å². The van der Waals surface area contributed by atoms with Gasteiger partial charge in [0.15, 0.2) is 11.7 Å². The van der Waals surface area contributed by atoms with Crippen LogP contribution in [0, 0.1) is 12.7 Å². The lowest BCUT2D eigenvalue weighted by Gasteiger charge is -2.38. The van der Waals surface area contributed by atoms with Crippen molar-refractivity contribution in [3.05, 3.63) is 85.4 Å². The molecule has 0 bridgehead atoms. The van der Waals surface area contributed by atoms with E-state index in [1.54, 1.807) is 19.9 Å². The summed E-state index contributed by atoms with van der Waals surface area (Å²) in [4.78, 5) is 69.3. The number of anilines is 1. The molecule has 9 N–H and O–H groups in total. The highest BCUT2D eigenvalue weighted by Gasteiger charge is 2.49. The number of amides is 2. The van der Waals surface area contributed by atoms with Crippen LogP contribution in [0.4, 0.5) is 14.9 Å². The number of nitrogens with zero attached hydrogens (tertiary/aromatic N) is 2. The molecule has 19 nitrogen and oxygen atoms in total. The van der Waals surface area contributed by atoms with Gasteiger partial charge >= 0.3 is 18.0 Å². The van der Waals surface area contributed by atoms with Crippen LogP contribution in [0.3, 0.4) is 0 Å². The van der Waals surface area contributed by atoms with Gasteiger partial charge in [0.1, 0.15) is 43.1 Å². The fourth-order valence-corrected chi connectivity index (χ4v) is 8.52. The Morgan fingerprint density at radius 2 is 1.85 bits per heavy atom. The molecule has 2 aromatic carbocycles. The summed E-state index contributed by atoms with van der Waals surface area (Å²) in [5.74, 6) is -3.64. The van der Waals surface area contributed by atoms with E-state index in [1.807, 2.05) is 0 Å². The minimum Gasteiger partial charge on any atom is -0.479 e. The van der Waals surface area contributed by atoms with Crippen molar-refractivity contribution in [1.29, 1.82) is 0 Å². The number of carboxylic acid groups (broad SMARTS) is 1. The monoisotopic (exact) mass is 847 g/mol. The van der Waals surface area contributed by atoms with Gasteiger partial charge in [-0.15, -0.1) is 0 Å². The molecule has 1 aliphatic carbocycles. The van der Waals surface area contributed by atoms with Crippen molar-refractivity contribution in [3.8, 4) is 17.1 Å². The Kier molecular flexibility index (Phi) is 10.8. The molecule has 0 spiro atoms. The van der Waals surface area contributed by atoms with Gasteiger partial charge in [0.2, 0.25) is 12.2 Å². The first-order valence-corrected chi connectivity index (χ1v) is 19.5. The number of hydrogen-bond acceptors (Lipinski definition) is 15. The van der Waals surface area contributed by atoms with Crippen molar-refractivity contribution in [1.82, 2.24) is 14.9 Å². The van der Waals surface area contributed by atoms with Crippen LogP contribution < -0.4 is 26.7 Å². The molecule has 5 heterocycles. The number of esters is 1. The standard InChI is InChI=1S/C41H42FN5O14/c1-3-41(57)21-11-26-31-19(13-47(26)36(52)20(21)15-58-39(41)55)30-23(6-5-18-16(2)22(42)12-25(45-31)29(18)30)46-40(56)59-14-17-4-7-27(24(10-17)44-28(48)8-9-43)60-38-34(51)32(49)33(50)35(61-38)37(53)54/h4,7,10-12,23,32-35,38,49-51,57H,3,5-6,8-9,13-15,43H2,1-2H3,(H,44,48)(H,46,56)(H,53,54)/t23-,32?,33-,34-,35?,38+,41-/m0/s1. The molecule has 322 valence electrons. The van der Waals surface area contributed by atoms with E-state index in [2.05, 4.69) is 10.6 Å². The topological polar surface area (TPSA) is 291 Å². The molecule has 3 aliphatic heterocycles. The fraction of sp³-hybridized carbons (Fsp3) is 0.415. The zero-order chi connectivity index (χ0) is 43.7. The van der Waals surface area contributed by atoms with Crippen molar-refractivity contribution in [3.63, 3.8) is 0 Å². The molecule has 0 radical (unpaired) electrons. The van der Waals surface area contributed by atoms with E-state index < -0.39 is 77.7 Å². The molecule has 1 saturated heterocycles. The van der Waals surface area contributed by atoms with E-state index in [0.29, 0.717) is 57.4 Å². The number of pyridine rings is 2. The van der Waals surface area contributed by atoms with Crippen molar-refractivity contribution in [2.75, 3.05) is 11.9 Å². The molecule has 1 fully saturated rings. The quantitative estimate of drug-likeness (QED) is 0.0910. The van der Waals surface area contributed by atoms with Crippen LogP contribution in [0.2, 0.25) is 0 Å². The fourth-order valence-electron chi connectivity index (χ4n) is 8.52. The number of aliphatic hydroxyl groups excluding tert-OH is 3. The van der Waals surface area contributed by atoms with E-state index in [9.17, 15) is 49.5 Å². The third-order valence-corrected chi connectivity index (χ3v) is 11.8. The van der Waals surface area contributed by atoms with Crippen LogP contribution in [0.1, 0.15) is 71.2 Å². The highest BCUT2D eigenvalue weighted by molar-refractivity contribution is 5.94. The van der Waals surface area contributed by atoms with Crippen LogP contribution in [0.5, 0.6) is 5.75 Å². The van der Waals surface area contributed by atoms with Crippen LogP contribution in [-0.2, 0) is 60.4 Å². The largest absolute Gasteiger partial charge is 0.479 e. The van der Waals surface area contributed by atoms with Crippen molar-refractivity contribution in [2.24, 2.45) is 5.73 Å². The van der Waals surface area contributed by atoms with Gasteiger partial charge in [-0.2, -0.15) is 0 Å². The SMILES string of the molecule is CC[C@@]1(O)C(=O)OCc2c1cc1n(c2=O)Cc2c-1nc1cc(F)c(C)c3c1c2[C@@H](NC(=O)OCc1ccc(O[C@@H]2OC(C(=O)O)[C@@H](O)C(O)[C@@H]2O)c(NC(=O)CCN)c1)CC3. The number of aryl methyl sites for hydroxylation is 1. The maximum atomic E-state index is 15.4. The Bertz CT molecular complexity index is 2580. The molecule has 20 heteroatoms. The van der Waals surface area contributed by atoms with Gasteiger partial charge in [-0.25, -0.2) is 23.8 Å². The number of aliphatic carboxylic acids is 1. The zero-order valence-electron chi connectivity index (χ0n) is 32.8.